The second-order valence-corrected chi connectivity index (χ2v) is 2.95. The lowest BCUT2D eigenvalue weighted by Gasteiger charge is -2.01. The molecule has 6 nitrogen and oxygen atoms in total. The van der Waals surface area contributed by atoms with Crippen molar-refractivity contribution < 1.29 is 9.63 Å². The Morgan fingerprint density at radius 3 is 2.94 bits per heavy atom. The van der Waals surface area contributed by atoms with Crippen LogP contribution in [0.25, 0.3) is 11.0 Å². The van der Waals surface area contributed by atoms with Gasteiger partial charge in [0.05, 0.1) is 0 Å². The van der Waals surface area contributed by atoms with E-state index in [1.165, 1.54) is 4.85 Å². The number of benzene rings is 1. The Morgan fingerprint density at radius 1 is 1.56 bits per heavy atom. The molecule has 1 amide bonds. The molecule has 2 rings (SSSR count). The number of fused-ring (bicyclic) bond motifs is 1. The molecule has 0 spiro atoms. The second-order valence-electron chi connectivity index (χ2n) is 2.95. The fourth-order valence-electron chi connectivity index (χ4n) is 1.27. The molecule has 0 radical (unpaired) electrons. The van der Waals surface area contributed by atoms with Crippen molar-refractivity contribution in [1.82, 2.24) is 15.2 Å². The van der Waals surface area contributed by atoms with E-state index in [4.69, 9.17) is 10.6 Å². The molecule has 0 aliphatic heterocycles. The van der Waals surface area contributed by atoms with Crippen LogP contribution in [-0.2, 0) is 0 Å². The summed E-state index contributed by atoms with van der Waals surface area (Å²) >= 11 is 0. The number of carbonyl (C=O) groups is 1. The Labute approximate surface area is 97.7 Å². The SMILES string of the molecule is CCOn1nnc2ccc(C(N)=O)cc21.Cl. The van der Waals surface area contributed by atoms with Gasteiger partial charge in [-0.2, -0.15) is 0 Å². The number of aromatic nitrogens is 3. The lowest BCUT2D eigenvalue weighted by atomic mass is 10.2. The summed E-state index contributed by atoms with van der Waals surface area (Å²) in [5.41, 5.74) is 6.87. The third-order valence-electron chi connectivity index (χ3n) is 1.95. The van der Waals surface area contributed by atoms with Gasteiger partial charge < -0.3 is 10.6 Å². The third-order valence-corrected chi connectivity index (χ3v) is 1.95. The van der Waals surface area contributed by atoms with Gasteiger partial charge in [0.1, 0.15) is 17.6 Å². The van der Waals surface area contributed by atoms with Crippen LogP contribution in [0.4, 0.5) is 0 Å². The van der Waals surface area contributed by atoms with E-state index in [9.17, 15) is 4.79 Å². The fraction of sp³-hybridized carbons (Fsp3) is 0.222. The molecular weight excluding hydrogens is 232 g/mol. The number of amides is 1. The fourth-order valence-corrected chi connectivity index (χ4v) is 1.27. The van der Waals surface area contributed by atoms with Gasteiger partial charge in [0.15, 0.2) is 0 Å². The van der Waals surface area contributed by atoms with E-state index in [0.717, 1.165) is 0 Å². The summed E-state index contributed by atoms with van der Waals surface area (Å²) in [7, 11) is 0. The average molecular weight is 243 g/mol. The highest BCUT2D eigenvalue weighted by Gasteiger charge is 2.08. The van der Waals surface area contributed by atoms with Crippen LogP contribution in [0.2, 0.25) is 0 Å². The Kier molecular flexibility index (Phi) is 3.68. The van der Waals surface area contributed by atoms with Crippen molar-refractivity contribution in [2.45, 2.75) is 6.92 Å². The van der Waals surface area contributed by atoms with E-state index >= 15 is 0 Å². The summed E-state index contributed by atoms with van der Waals surface area (Å²) < 4.78 is 0. The predicted molar refractivity (Wildman–Crippen MR) is 60.4 cm³/mol. The van der Waals surface area contributed by atoms with Gasteiger partial charge in [-0.3, -0.25) is 4.79 Å². The molecule has 16 heavy (non-hydrogen) atoms. The van der Waals surface area contributed by atoms with Gasteiger partial charge in [-0.15, -0.1) is 17.5 Å². The summed E-state index contributed by atoms with van der Waals surface area (Å²) in [6.07, 6.45) is 0. The van der Waals surface area contributed by atoms with E-state index in [1.54, 1.807) is 18.2 Å². The molecule has 0 atom stereocenters. The number of hydrogen-bond acceptors (Lipinski definition) is 4. The third kappa shape index (κ3) is 2.06. The van der Waals surface area contributed by atoms with Crippen LogP contribution in [0, 0.1) is 0 Å². The highest BCUT2D eigenvalue weighted by atomic mass is 35.5. The van der Waals surface area contributed by atoms with Crippen LogP contribution in [0.1, 0.15) is 17.3 Å². The molecule has 0 bridgehead atoms. The van der Waals surface area contributed by atoms with E-state index < -0.39 is 5.91 Å². The highest BCUT2D eigenvalue weighted by Crippen LogP contribution is 2.12. The first-order valence-electron chi connectivity index (χ1n) is 4.51. The summed E-state index contributed by atoms with van der Waals surface area (Å²) in [5.74, 6) is -0.485. The van der Waals surface area contributed by atoms with E-state index in [1.807, 2.05) is 6.92 Å². The van der Waals surface area contributed by atoms with Gasteiger partial charge in [0.2, 0.25) is 5.91 Å². The molecule has 1 aromatic carbocycles. The van der Waals surface area contributed by atoms with E-state index in [-0.39, 0.29) is 12.4 Å². The van der Waals surface area contributed by atoms with Crippen LogP contribution in [0.3, 0.4) is 0 Å². The molecule has 86 valence electrons. The topological polar surface area (TPSA) is 83.0 Å². The monoisotopic (exact) mass is 242 g/mol. The van der Waals surface area contributed by atoms with Crippen molar-refractivity contribution >= 4 is 29.3 Å². The summed E-state index contributed by atoms with van der Waals surface area (Å²) in [6, 6.07) is 4.89. The van der Waals surface area contributed by atoms with E-state index in [0.29, 0.717) is 23.2 Å². The minimum absolute atomic E-state index is 0. The van der Waals surface area contributed by atoms with Crippen LogP contribution < -0.4 is 10.6 Å². The molecule has 2 N–H and O–H groups in total. The van der Waals surface area contributed by atoms with Crippen molar-refractivity contribution in [3.63, 3.8) is 0 Å². The smallest absolute Gasteiger partial charge is 0.248 e. The average Bonchev–Trinajstić information content (AvgIpc) is 2.61. The molecule has 1 heterocycles. The standard InChI is InChI=1S/C9H10N4O2.ClH/c1-2-15-13-8-5-6(9(10)14)3-4-7(8)11-12-13;/h3-5H,2H2,1H3,(H2,10,14);1H. The largest absolute Gasteiger partial charge is 0.395 e. The summed E-state index contributed by atoms with van der Waals surface area (Å²) in [6.45, 7) is 2.31. The van der Waals surface area contributed by atoms with Crippen LogP contribution in [0.5, 0.6) is 0 Å². The summed E-state index contributed by atoms with van der Waals surface area (Å²) in [5, 5.41) is 7.65. The Balaban J connectivity index is 0.00000128. The van der Waals surface area contributed by atoms with Crippen molar-refractivity contribution in [3.05, 3.63) is 23.8 Å². The number of nitrogens with two attached hydrogens (primary N) is 1. The molecule has 0 saturated heterocycles. The lowest BCUT2D eigenvalue weighted by molar-refractivity contribution is 0.0976. The zero-order valence-corrected chi connectivity index (χ0v) is 9.40. The Morgan fingerprint density at radius 2 is 2.31 bits per heavy atom. The lowest BCUT2D eigenvalue weighted by Crippen LogP contribution is -2.13. The Bertz CT molecular complexity index is 511. The van der Waals surface area contributed by atoms with Crippen LogP contribution in [-0.4, -0.2) is 27.7 Å². The molecule has 0 saturated carbocycles. The van der Waals surface area contributed by atoms with Crippen LogP contribution >= 0.6 is 12.4 Å². The van der Waals surface area contributed by atoms with Gasteiger partial charge in [-0.05, 0) is 30.3 Å². The van der Waals surface area contributed by atoms with Crippen molar-refractivity contribution in [2.24, 2.45) is 5.73 Å². The van der Waals surface area contributed by atoms with Crippen molar-refractivity contribution in [2.75, 3.05) is 6.61 Å². The first-order valence-corrected chi connectivity index (χ1v) is 4.51. The maximum absolute atomic E-state index is 11.0. The molecule has 0 unspecified atom stereocenters. The van der Waals surface area contributed by atoms with E-state index in [2.05, 4.69) is 10.3 Å². The second kappa shape index (κ2) is 4.80. The maximum Gasteiger partial charge on any atom is 0.248 e. The first kappa shape index (κ1) is 12.3. The quantitative estimate of drug-likeness (QED) is 0.845. The predicted octanol–water partition coefficient (Wildman–Crippen LogP) is 0.401. The van der Waals surface area contributed by atoms with Gasteiger partial charge in [-0.1, -0.05) is 4.85 Å². The normalized spacial score (nSPS) is 9.81. The molecule has 0 aliphatic carbocycles. The number of carbonyl (C=O) groups excluding carboxylic acids is 1. The number of halogens is 1. The number of primary amides is 1. The molecule has 1 aromatic heterocycles. The minimum atomic E-state index is -0.485. The Hall–Kier alpha value is -1.82. The summed E-state index contributed by atoms with van der Waals surface area (Å²) in [4.78, 5) is 17.4. The molecular formula is C9H11ClN4O2. The molecule has 0 fully saturated rings. The minimum Gasteiger partial charge on any atom is -0.395 e. The molecule has 2 aromatic rings. The van der Waals surface area contributed by atoms with Gasteiger partial charge in [0.25, 0.3) is 0 Å². The van der Waals surface area contributed by atoms with Gasteiger partial charge in [-0.25, -0.2) is 0 Å². The van der Waals surface area contributed by atoms with Gasteiger partial charge >= 0.3 is 0 Å². The number of nitrogens with zero attached hydrogens (tertiary/aromatic N) is 3. The maximum atomic E-state index is 11.0. The number of rotatable bonds is 3. The molecule has 0 aliphatic rings. The van der Waals surface area contributed by atoms with Gasteiger partial charge in [0, 0.05) is 5.56 Å². The highest BCUT2D eigenvalue weighted by molar-refractivity contribution is 5.96. The zero-order valence-electron chi connectivity index (χ0n) is 8.58. The first-order chi connectivity index (χ1) is 7.22. The number of hydrogen-bond donors (Lipinski definition) is 1. The van der Waals surface area contributed by atoms with Crippen molar-refractivity contribution in [3.8, 4) is 0 Å². The molecule has 7 heteroatoms. The van der Waals surface area contributed by atoms with Crippen LogP contribution in [0.15, 0.2) is 18.2 Å². The van der Waals surface area contributed by atoms with Crippen molar-refractivity contribution in [1.29, 1.82) is 0 Å². The zero-order chi connectivity index (χ0) is 10.8.